The molecule has 0 atom stereocenters. The van der Waals surface area contributed by atoms with Crippen molar-refractivity contribution in [2.75, 3.05) is 13.1 Å². The van der Waals surface area contributed by atoms with Gasteiger partial charge in [-0.3, -0.25) is 9.59 Å². The molecule has 0 saturated heterocycles. The molecule has 0 aliphatic heterocycles. The number of nitrogens with one attached hydrogen (secondary N) is 1. The number of hydrogen-bond donors (Lipinski definition) is 3. The topological polar surface area (TPSA) is 98.2 Å². The van der Waals surface area contributed by atoms with E-state index in [-0.39, 0.29) is 17.7 Å². The smallest absolute Gasteiger partial charge is 0.227 e. The summed E-state index contributed by atoms with van der Waals surface area (Å²) < 4.78 is 0. The Hall–Kier alpha value is -1.10. The summed E-state index contributed by atoms with van der Waals surface area (Å²) in [5, 5.41) is 2.69. The first kappa shape index (κ1) is 11.0. The molecular weight excluding hydrogens is 182 g/mol. The highest BCUT2D eigenvalue weighted by Gasteiger charge is 2.42. The summed E-state index contributed by atoms with van der Waals surface area (Å²) in [5.41, 5.74) is 10.1. The van der Waals surface area contributed by atoms with E-state index in [4.69, 9.17) is 11.5 Å². The molecular formula is C9H17N3O2. The van der Waals surface area contributed by atoms with Gasteiger partial charge in [-0.1, -0.05) is 6.42 Å². The molecule has 0 aromatic carbocycles. The van der Waals surface area contributed by atoms with Crippen LogP contribution in [0.4, 0.5) is 0 Å². The van der Waals surface area contributed by atoms with E-state index in [1.54, 1.807) is 0 Å². The lowest BCUT2D eigenvalue weighted by Crippen LogP contribution is -2.50. The van der Waals surface area contributed by atoms with Crippen LogP contribution < -0.4 is 16.8 Å². The van der Waals surface area contributed by atoms with E-state index in [0.29, 0.717) is 13.1 Å². The molecule has 0 heterocycles. The fourth-order valence-electron chi connectivity index (χ4n) is 1.61. The molecule has 1 rings (SSSR count). The third kappa shape index (κ3) is 2.23. The van der Waals surface area contributed by atoms with Crippen molar-refractivity contribution in [2.45, 2.75) is 25.7 Å². The third-order valence-corrected chi connectivity index (χ3v) is 2.84. The Morgan fingerprint density at radius 2 is 2.00 bits per heavy atom. The number of amides is 2. The Morgan fingerprint density at radius 3 is 2.36 bits per heavy atom. The van der Waals surface area contributed by atoms with Gasteiger partial charge in [0.15, 0.2) is 0 Å². The SMILES string of the molecule is NCC1(C(=O)NCCC(N)=O)CCC1. The van der Waals surface area contributed by atoms with Gasteiger partial charge < -0.3 is 16.8 Å². The van der Waals surface area contributed by atoms with Crippen molar-refractivity contribution in [3.63, 3.8) is 0 Å². The van der Waals surface area contributed by atoms with Crippen molar-refractivity contribution in [1.82, 2.24) is 5.32 Å². The number of hydrogen-bond acceptors (Lipinski definition) is 3. The molecule has 0 bridgehead atoms. The summed E-state index contributed by atoms with van der Waals surface area (Å²) in [4.78, 5) is 22.0. The quantitative estimate of drug-likeness (QED) is 0.535. The first-order valence-electron chi connectivity index (χ1n) is 4.87. The molecule has 14 heavy (non-hydrogen) atoms. The zero-order valence-corrected chi connectivity index (χ0v) is 8.21. The van der Waals surface area contributed by atoms with Crippen LogP contribution in [0.15, 0.2) is 0 Å². The Morgan fingerprint density at radius 1 is 1.36 bits per heavy atom. The van der Waals surface area contributed by atoms with Gasteiger partial charge >= 0.3 is 0 Å². The summed E-state index contributed by atoms with van der Waals surface area (Å²) >= 11 is 0. The average Bonchev–Trinajstić information content (AvgIpc) is 2.02. The van der Waals surface area contributed by atoms with Crippen LogP contribution in [0.25, 0.3) is 0 Å². The Labute approximate surface area is 83.2 Å². The lowest BCUT2D eigenvalue weighted by atomic mass is 9.68. The van der Waals surface area contributed by atoms with Crippen LogP contribution in [0.3, 0.4) is 0 Å². The minimum absolute atomic E-state index is 0.0347. The zero-order valence-electron chi connectivity index (χ0n) is 8.21. The van der Waals surface area contributed by atoms with Gasteiger partial charge in [0, 0.05) is 19.5 Å². The van der Waals surface area contributed by atoms with Crippen molar-refractivity contribution in [3.8, 4) is 0 Å². The molecule has 1 fully saturated rings. The molecule has 0 radical (unpaired) electrons. The standard InChI is InChI=1S/C9H17N3O2/c10-6-9(3-1-4-9)8(14)12-5-2-7(11)13/h1-6,10H2,(H2,11,13)(H,12,14). The number of rotatable bonds is 5. The van der Waals surface area contributed by atoms with Crippen LogP contribution in [-0.2, 0) is 9.59 Å². The molecule has 0 unspecified atom stereocenters. The predicted molar refractivity (Wildman–Crippen MR) is 52.2 cm³/mol. The van der Waals surface area contributed by atoms with Gasteiger partial charge in [0.25, 0.3) is 0 Å². The molecule has 2 amide bonds. The van der Waals surface area contributed by atoms with Crippen LogP contribution in [-0.4, -0.2) is 24.9 Å². The molecule has 0 aromatic rings. The fraction of sp³-hybridized carbons (Fsp3) is 0.778. The van der Waals surface area contributed by atoms with E-state index >= 15 is 0 Å². The molecule has 0 aromatic heterocycles. The first-order chi connectivity index (χ1) is 6.60. The fourth-order valence-corrected chi connectivity index (χ4v) is 1.61. The number of carbonyl (C=O) groups excluding carboxylic acids is 2. The molecule has 0 spiro atoms. The van der Waals surface area contributed by atoms with Gasteiger partial charge in [-0.15, -0.1) is 0 Å². The molecule has 1 saturated carbocycles. The molecule has 80 valence electrons. The molecule has 5 heteroatoms. The van der Waals surface area contributed by atoms with Crippen molar-refractivity contribution < 1.29 is 9.59 Å². The predicted octanol–water partition coefficient (Wildman–Crippen LogP) is -0.893. The van der Waals surface area contributed by atoms with Crippen LogP contribution in [0.5, 0.6) is 0 Å². The monoisotopic (exact) mass is 199 g/mol. The van der Waals surface area contributed by atoms with E-state index in [1.165, 1.54) is 0 Å². The highest BCUT2D eigenvalue weighted by atomic mass is 16.2. The summed E-state index contributed by atoms with van der Waals surface area (Å²) in [6.45, 7) is 0.700. The van der Waals surface area contributed by atoms with Crippen molar-refractivity contribution in [1.29, 1.82) is 0 Å². The van der Waals surface area contributed by atoms with Crippen molar-refractivity contribution in [3.05, 3.63) is 0 Å². The van der Waals surface area contributed by atoms with E-state index in [9.17, 15) is 9.59 Å². The zero-order chi connectivity index (χ0) is 10.6. The number of carbonyl (C=O) groups is 2. The summed E-state index contributed by atoms with van der Waals surface area (Å²) in [7, 11) is 0. The van der Waals surface area contributed by atoms with Crippen LogP contribution in [0.1, 0.15) is 25.7 Å². The van der Waals surface area contributed by atoms with Gasteiger partial charge in [-0.2, -0.15) is 0 Å². The van der Waals surface area contributed by atoms with E-state index in [1.807, 2.05) is 0 Å². The second-order valence-corrected chi connectivity index (χ2v) is 3.81. The molecule has 1 aliphatic carbocycles. The maximum absolute atomic E-state index is 11.6. The van der Waals surface area contributed by atoms with E-state index in [0.717, 1.165) is 19.3 Å². The third-order valence-electron chi connectivity index (χ3n) is 2.84. The van der Waals surface area contributed by atoms with Gasteiger partial charge in [0.05, 0.1) is 5.41 Å². The normalized spacial score (nSPS) is 18.4. The molecule has 5 nitrogen and oxygen atoms in total. The van der Waals surface area contributed by atoms with Gasteiger partial charge in [-0.25, -0.2) is 0 Å². The summed E-state index contributed by atoms with van der Waals surface area (Å²) in [6, 6.07) is 0. The highest BCUT2D eigenvalue weighted by molar-refractivity contribution is 5.84. The Balaban J connectivity index is 2.30. The number of primary amides is 1. The van der Waals surface area contributed by atoms with Crippen LogP contribution in [0.2, 0.25) is 0 Å². The highest BCUT2D eigenvalue weighted by Crippen LogP contribution is 2.39. The second kappa shape index (κ2) is 4.41. The van der Waals surface area contributed by atoms with E-state index < -0.39 is 5.91 Å². The largest absolute Gasteiger partial charge is 0.370 e. The second-order valence-electron chi connectivity index (χ2n) is 3.81. The minimum Gasteiger partial charge on any atom is -0.370 e. The molecule has 1 aliphatic rings. The lowest BCUT2D eigenvalue weighted by Gasteiger charge is -2.39. The Kier molecular flexibility index (Phi) is 3.46. The Bertz CT molecular complexity index is 231. The first-order valence-corrected chi connectivity index (χ1v) is 4.87. The van der Waals surface area contributed by atoms with Crippen LogP contribution in [0, 0.1) is 5.41 Å². The van der Waals surface area contributed by atoms with Crippen LogP contribution >= 0.6 is 0 Å². The summed E-state index contributed by atoms with van der Waals surface area (Å²) in [6.07, 6.45) is 2.95. The van der Waals surface area contributed by atoms with Crippen molar-refractivity contribution in [2.24, 2.45) is 16.9 Å². The maximum atomic E-state index is 11.6. The summed E-state index contributed by atoms with van der Waals surface area (Å²) in [5.74, 6) is -0.437. The van der Waals surface area contributed by atoms with Crippen molar-refractivity contribution >= 4 is 11.8 Å². The lowest BCUT2D eigenvalue weighted by molar-refractivity contribution is -0.135. The van der Waals surface area contributed by atoms with Gasteiger partial charge in [0.2, 0.25) is 11.8 Å². The van der Waals surface area contributed by atoms with Gasteiger partial charge in [0.1, 0.15) is 0 Å². The minimum atomic E-state index is -0.402. The molecule has 5 N–H and O–H groups in total. The average molecular weight is 199 g/mol. The number of nitrogens with two attached hydrogens (primary N) is 2. The maximum Gasteiger partial charge on any atom is 0.227 e. The van der Waals surface area contributed by atoms with E-state index in [2.05, 4.69) is 5.32 Å². The van der Waals surface area contributed by atoms with Gasteiger partial charge in [-0.05, 0) is 12.8 Å².